The van der Waals surface area contributed by atoms with Crippen LogP contribution in [0.4, 0.5) is 0 Å². The van der Waals surface area contributed by atoms with Gasteiger partial charge in [-0.25, -0.2) is 14.4 Å². The quantitative estimate of drug-likeness (QED) is 0.183. The van der Waals surface area contributed by atoms with Crippen LogP contribution in [0.5, 0.6) is 0 Å². The highest BCUT2D eigenvalue weighted by molar-refractivity contribution is 5.99. The first kappa shape index (κ1) is 17.5. The summed E-state index contributed by atoms with van der Waals surface area (Å²) in [5, 5.41) is 44.5. The third-order valence-corrected chi connectivity index (χ3v) is 2.47. The van der Waals surface area contributed by atoms with Crippen molar-refractivity contribution < 1.29 is 44.7 Å². The highest BCUT2D eigenvalue weighted by Crippen LogP contribution is 2.19. The van der Waals surface area contributed by atoms with Gasteiger partial charge in [-0.2, -0.15) is 0 Å². The first-order valence-electron chi connectivity index (χ1n) is 5.71. The van der Waals surface area contributed by atoms with Crippen LogP contribution >= 0.6 is 0 Å². The van der Waals surface area contributed by atoms with Gasteiger partial charge in [-0.15, -0.1) is 0 Å². The van der Waals surface area contributed by atoms with E-state index in [1.807, 2.05) is 0 Å². The minimum absolute atomic E-state index is 0.565. The zero-order valence-corrected chi connectivity index (χ0v) is 10.9. The Morgan fingerprint density at radius 1 is 0.955 bits per heavy atom. The van der Waals surface area contributed by atoms with Gasteiger partial charge in [0.05, 0.1) is 0 Å². The lowest BCUT2D eigenvalue weighted by Gasteiger charge is -2.28. The van der Waals surface area contributed by atoms with E-state index in [-0.39, 0.29) is 0 Å². The van der Waals surface area contributed by atoms with Crippen LogP contribution in [0.15, 0.2) is 36.4 Å². The number of hydrogen-bond acceptors (Lipinski definition) is 8. The molecule has 5 N–H and O–H groups in total. The van der Waals surface area contributed by atoms with E-state index >= 15 is 0 Å². The van der Waals surface area contributed by atoms with E-state index in [2.05, 4.69) is 4.74 Å². The molecule has 1 rings (SSSR count). The summed E-state index contributed by atoms with van der Waals surface area (Å²) in [4.78, 5) is 33.0. The Hall–Kier alpha value is -2.59. The molecule has 0 spiro atoms. The van der Waals surface area contributed by atoms with Crippen LogP contribution in [-0.4, -0.2) is 55.0 Å². The topological polar surface area (TPSA) is 162 Å². The number of carbonyl (C=O) groups is 3. The van der Waals surface area contributed by atoms with E-state index in [1.165, 1.54) is 6.08 Å². The molecule has 118 valence electrons. The van der Waals surface area contributed by atoms with Gasteiger partial charge in [0.2, 0.25) is 0 Å². The van der Waals surface area contributed by atoms with Crippen LogP contribution < -0.4 is 0 Å². The second kappa shape index (κ2) is 6.45. The van der Waals surface area contributed by atoms with Crippen LogP contribution in [0.2, 0.25) is 0 Å². The van der Waals surface area contributed by atoms with E-state index in [9.17, 15) is 14.4 Å². The Labute approximate surface area is 123 Å². The number of carboxylic acid groups (broad SMARTS) is 1. The number of esters is 2. The number of ether oxygens (including phenoxy) is 1. The summed E-state index contributed by atoms with van der Waals surface area (Å²) in [6, 6.07) is 8.29. The number of aliphatic hydroxyl groups is 4. The maximum absolute atomic E-state index is 11.3. The minimum Gasteiger partial charge on any atom is -0.477 e. The highest BCUT2D eigenvalue weighted by atomic mass is 16.7. The molecule has 22 heavy (non-hydrogen) atoms. The van der Waals surface area contributed by atoms with Crippen molar-refractivity contribution in [3.05, 3.63) is 42.0 Å². The third kappa shape index (κ3) is 3.74. The number of carboxylic acids is 1. The Kier molecular flexibility index (Phi) is 5.12. The molecule has 1 aromatic rings. The molecule has 0 aliphatic rings. The summed E-state index contributed by atoms with van der Waals surface area (Å²) in [5.74, 6) is -14.7. The highest BCUT2D eigenvalue weighted by Gasteiger charge is 2.61. The molecule has 9 nitrogen and oxygen atoms in total. The molecule has 0 saturated heterocycles. The number of benzene rings is 1. The van der Waals surface area contributed by atoms with Crippen molar-refractivity contribution in [1.29, 1.82) is 0 Å². The van der Waals surface area contributed by atoms with Gasteiger partial charge < -0.3 is 30.3 Å². The predicted octanol–water partition coefficient (Wildman–Crippen LogP) is -1.78. The van der Waals surface area contributed by atoms with Crippen molar-refractivity contribution in [3.63, 3.8) is 0 Å². The molecule has 0 aliphatic carbocycles. The molecule has 0 bridgehead atoms. The Balaban J connectivity index is 2.78. The molecule has 0 atom stereocenters. The summed E-state index contributed by atoms with van der Waals surface area (Å²) in [5.41, 5.74) is 0.565. The second-order valence-electron chi connectivity index (χ2n) is 4.10. The molecule has 0 saturated carbocycles. The van der Waals surface area contributed by atoms with Gasteiger partial charge in [0.25, 0.3) is 0 Å². The Morgan fingerprint density at radius 3 is 2.00 bits per heavy atom. The predicted molar refractivity (Wildman–Crippen MR) is 68.5 cm³/mol. The molecule has 0 aliphatic heterocycles. The molecule has 0 aromatic heterocycles. The van der Waals surface area contributed by atoms with E-state index in [4.69, 9.17) is 25.5 Å². The third-order valence-electron chi connectivity index (χ3n) is 2.47. The molecule has 0 amide bonds. The van der Waals surface area contributed by atoms with Gasteiger partial charge in [-0.05, 0) is 11.6 Å². The van der Waals surface area contributed by atoms with Crippen molar-refractivity contribution in [1.82, 2.24) is 0 Å². The van der Waals surface area contributed by atoms with Gasteiger partial charge in [0.15, 0.2) is 0 Å². The van der Waals surface area contributed by atoms with Crippen molar-refractivity contribution in [2.45, 2.75) is 11.6 Å². The van der Waals surface area contributed by atoms with Crippen molar-refractivity contribution in [3.8, 4) is 0 Å². The van der Waals surface area contributed by atoms with Crippen molar-refractivity contribution in [2.24, 2.45) is 0 Å². The largest absolute Gasteiger partial charge is 0.477 e. The minimum atomic E-state index is -4.26. The summed E-state index contributed by atoms with van der Waals surface area (Å²) >= 11 is 0. The lowest BCUT2D eigenvalue weighted by molar-refractivity contribution is -0.333. The SMILES string of the molecule is O=C(C=Cc1ccccc1)OC(=O)C(O)(O)C(O)(O)C(=O)O. The molecular weight excluding hydrogens is 300 g/mol. The number of carbonyl (C=O) groups excluding carboxylic acids is 2. The van der Waals surface area contributed by atoms with Crippen molar-refractivity contribution in [2.75, 3.05) is 0 Å². The van der Waals surface area contributed by atoms with Gasteiger partial charge in [0, 0.05) is 6.08 Å². The number of rotatable bonds is 5. The van der Waals surface area contributed by atoms with Gasteiger partial charge in [-0.3, -0.25) is 0 Å². The maximum atomic E-state index is 11.3. The van der Waals surface area contributed by atoms with Crippen molar-refractivity contribution >= 4 is 24.0 Å². The Bertz CT molecular complexity index is 601. The normalized spacial score (nSPS) is 12.2. The van der Waals surface area contributed by atoms with Crippen LogP contribution in [0.25, 0.3) is 6.08 Å². The standard InChI is InChI=1S/C13H12O9/c14-9(7-6-8-4-2-1-3-5-8)22-11(17)13(20,21)12(18,19)10(15)16/h1-7,18-21H,(H,15,16). The zero-order valence-electron chi connectivity index (χ0n) is 10.9. The monoisotopic (exact) mass is 312 g/mol. The van der Waals surface area contributed by atoms with Gasteiger partial charge in [-0.1, -0.05) is 30.3 Å². The summed E-state index contributed by atoms with van der Waals surface area (Å²) < 4.78 is 3.93. The smallest absolute Gasteiger partial charge is 0.381 e. The lowest BCUT2D eigenvalue weighted by atomic mass is 10.1. The van der Waals surface area contributed by atoms with E-state index in [0.29, 0.717) is 5.56 Å². The number of aliphatic carboxylic acids is 1. The zero-order chi connectivity index (χ0) is 17.0. The van der Waals surface area contributed by atoms with E-state index in [0.717, 1.165) is 6.08 Å². The molecule has 0 unspecified atom stereocenters. The molecule has 1 aromatic carbocycles. The van der Waals surface area contributed by atoms with Crippen LogP contribution in [-0.2, 0) is 19.1 Å². The van der Waals surface area contributed by atoms with E-state index in [1.54, 1.807) is 30.3 Å². The number of hydrogen-bond donors (Lipinski definition) is 5. The summed E-state index contributed by atoms with van der Waals surface area (Å²) in [6.45, 7) is 0. The van der Waals surface area contributed by atoms with E-state index < -0.39 is 29.5 Å². The lowest BCUT2D eigenvalue weighted by Crippen LogP contribution is -2.64. The van der Waals surface area contributed by atoms with Crippen LogP contribution in [0.3, 0.4) is 0 Å². The molecule has 0 radical (unpaired) electrons. The van der Waals surface area contributed by atoms with Crippen LogP contribution in [0, 0.1) is 0 Å². The summed E-state index contributed by atoms with van der Waals surface area (Å²) in [7, 11) is 0. The summed E-state index contributed by atoms with van der Waals surface area (Å²) in [6.07, 6.45) is 1.98. The molecular formula is C13H12O9. The average Bonchev–Trinajstić information content (AvgIpc) is 2.45. The van der Waals surface area contributed by atoms with Gasteiger partial charge >= 0.3 is 29.5 Å². The second-order valence-corrected chi connectivity index (χ2v) is 4.10. The molecule has 9 heteroatoms. The molecule has 0 heterocycles. The molecule has 0 fully saturated rings. The fourth-order valence-electron chi connectivity index (χ4n) is 1.22. The maximum Gasteiger partial charge on any atom is 0.381 e. The first-order valence-corrected chi connectivity index (χ1v) is 5.71. The van der Waals surface area contributed by atoms with Gasteiger partial charge in [0.1, 0.15) is 0 Å². The fraction of sp³-hybridized carbons (Fsp3) is 0.154. The average molecular weight is 312 g/mol. The Morgan fingerprint density at radius 2 is 1.50 bits per heavy atom. The fourth-order valence-corrected chi connectivity index (χ4v) is 1.22. The van der Waals surface area contributed by atoms with Crippen LogP contribution in [0.1, 0.15) is 5.56 Å². The first-order chi connectivity index (χ1) is 10.1.